The summed E-state index contributed by atoms with van der Waals surface area (Å²) in [6.07, 6.45) is 14.7. The monoisotopic (exact) mass is 466 g/mol. The minimum atomic E-state index is -0.401. The molecule has 35 heavy (non-hydrogen) atoms. The van der Waals surface area contributed by atoms with E-state index >= 15 is 0 Å². The summed E-state index contributed by atoms with van der Waals surface area (Å²) in [7, 11) is 0. The van der Waals surface area contributed by atoms with E-state index in [4.69, 9.17) is 0 Å². The second-order valence-electron chi connectivity index (χ2n) is 9.22. The van der Waals surface area contributed by atoms with Gasteiger partial charge in [-0.3, -0.25) is 18.9 Å². The van der Waals surface area contributed by atoms with Gasteiger partial charge in [-0.1, -0.05) is 35.9 Å². The number of nitrogens with one attached hydrogen (secondary N) is 1. The predicted molar refractivity (Wildman–Crippen MR) is 133 cm³/mol. The summed E-state index contributed by atoms with van der Waals surface area (Å²) in [6, 6.07) is 10.6. The first-order valence-electron chi connectivity index (χ1n) is 11.9. The Morgan fingerprint density at radius 2 is 2.06 bits per heavy atom. The molecular weight excluding hydrogens is 440 g/mol. The lowest BCUT2D eigenvalue weighted by Gasteiger charge is -2.17. The standard InChI is InChI=1S/C27H26N6O2/c34-26-13-23(30-25-7-3-4-11-33(25)26)27(35)28-14-22-18-32-16-19(8-9-24(32)29-22)15-31-12-10-21(17-31)20-5-1-2-6-20/h1-5,7-9,11,13,16,18,21H,6,10,12,14-15,17H2,(H,28,35). The molecule has 0 radical (unpaired) electrons. The third-order valence-electron chi connectivity index (χ3n) is 6.80. The third-order valence-corrected chi connectivity index (χ3v) is 6.80. The summed E-state index contributed by atoms with van der Waals surface area (Å²) >= 11 is 0. The Morgan fingerprint density at radius 3 is 2.94 bits per heavy atom. The normalized spacial score (nSPS) is 17.9. The van der Waals surface area contributed by atoms with Crippen LogP contribution in [-0.4, -0.2) is 42.7 Å². The molecule has 6 rings (SSSR count). The molecule has 1 atom stereocenters. The van der Waals surface area contributed by atoms with Crippen LogP contribution in [0.5, 0.6) is 0 Å². The number of hydrogen-bond acceptors (Lipinski definition) is 5. The molecule has 2 aliphatic rings. The van der Waals surface area contributed by atoms with Gasteiger partial charge in [0.1, 0.15) is 17.0 Å². The van der Waals surface area contributed by atoms with Crippen molar-refractivity contribution in [2.75, 3.05) is 13.1 Å². The van der Waals surface area contributed by atoms with Crippen molar-refractivity contribution in [1.82, 2.24) is 29.0 Å². The Balaban J connectivity index is 1.10. The van der Waals surface area contributed by atoms with Crippen molar-refractivity contribution in [2.45, 2.75) is 25.9 Å². The van der Waals surface area contributed by atoms with E-state index in [2.05, 4.69) is 50.7 Å². The average molecular weight is 467 g/mol. The lowest BCUT2D eigenvalue weighted by Crippen LogP contribution is -2.27. The summed E-state index contributed by atoms with van der Waals surface area (Å²) in [5, 5.41) is 2.83. The van der Waals surface area contributed by atoms with E-state index in [0.29, 0.717) is 11.6 Å². The fraction of sp³-hybridized carbons (Fsp3) is 0.259. The second kappa shape index (κ2) is 8.96. The van der Waals surface area contributed by atoms with Crippen molar-refractivity contribution in [3.05, 3.63) is 106 Å². The maximum atomic E-state index is 12.6. The lowest BCUT2D eigenvalue weighted by molar-refractivity contribution is 0.0945. The van der Waals surface area contributed by atoms with Crippen molar-refractivity contribution in [1.29, 1.82) is 0 Å². The Morgan fingerprint density at radius 1 is 1.11 bits per heavy atom. The molecule has 8 heteroatoms. The number of pyridine rings is 2. The van der Waals surface area contributed by atoms with Gasteiger partial charge in [0.25, 0.3) is 11.5 Å². The molecule has 1 aliphatic carbocycles. The molecule has 0 spiro atoms. The first kappa shape index (κ1) is 21.5. The quantitative estimate of drug-likeness (QED) is 0.472. The largest absolute Gasteiger partial charge is 0.345 e. The van der Waals surface area contributed by atoms with Gasteiger partial charge in [0.2, 0.25) is 0 Å². The van der Waals surface area contributed by atoms with Crippen molar-refractivity contribution < 1.29 is 4.79 Å². The van der Waals surface area contributed by atoms with E-state index in [9.17, 15) is 9.59 Å². The van der Waals surface area contributed by atoms with E-state index < -0.39 is 5.91 Å². The fourth-order valence-electron chi connectivity index (χ4n) is 5.00. The molecule has 0 bridgehead atoms. The Bertz CT molecular complexity index is 1550. The van der Waals surface area contributed by atoms with Crippen LogP contribution in [0.15, 0.2) is 83.6 Å². The third kappa shape index (κ3) is 4.40. The summed E-state index contributed by atoms with van der Waals surface area (Å²) in [4.78, 5) is 36.3. The predicted octanol–water partition coefficient (Wildman–Crippen LogP) is 2.98. The minimum Gasteiger partial charge on any atom is -0.345 e. The number of imidazole rings is 1. The first-order chi connectivity index (χ1) is 17.1. The van der Waals surface area contributed by atoms with E-state index in [1.54, 1.807) is 30.0 Å². The van der Waals surface area contributed by atoms with E-state index in [0.717, 1.165) is 37.4 Å². The van der Waals surface area contributed by atoms with Crippen LogP contribution in [0.25, 0.3) is 11.3 Å². The number of amides is 1. The van der Waals surface area contributed by atoms with Crippen LogP contribution in [0.2, 0.25) is 0 Å². The molecule has 176 valence electrons. The van der Waals surface area contributed by atoms with Crippen LogP contribution in [0.3, 0.4) is 0 Å². The molecule has 1 N–H and O–H groups in total. The zero-order valence-electron chi connectivity index (χ0n) is 19.3. The van der Waals surface area contributed by atoms with Gasteiger partial charge in [0, 0.05) is 37.7 Å². The highest BCUT2D eigenvalue weighted by Crippen LogP contribution is 2.29. The summed E-state index contributed by atoms with van der Waals surface area (Å²) in [5.74, 6) is 0.271. The van der Waals surface area contributed by atoms with Crippen molar-refractivity contribution >= 4 is 17.2 Å². The number of rotatable bonds is 6. The molecule has 5 heterocycles. The van der Waals surface area contributed by atoms with E-state index in [1.807, 2.05) is 16.7 Å². The van der Waals surface area contributed by atoms with Crippen LogP contribution in [0.1, 0.15) is 34.6 Å². The van der Waals surface area contributed by atoms with Gasteiger partial charge in [-0.05, 0) is 49.1 Å². The number of fused-ring (bicyclic) bond motifs is 2. The molecule has 1 aliphatic heterocycles. The molecule has 1 saturated heterocycles. The minimum absolute atomic E-state index is 0.0975. The van der Waals surface area contributed by atoms with E-state index in [-0.39, 0.29) is 17.8 Å². The highest BCUT2D eigenvalue weighted by molar-refractivity contribution is 5.92. The number of aromatic nitrogens is 4. The highest BCUT2D eigenvalue weighted by atomic mass is 16.2. The van der Waals surface area contributed by atoms with Gasteiger partial charge in [0.15, 0.2) is 0 Å². The molecule has 0 saturated carbocycles. The maximum absolute atomic E-state index is 12.6. The van der Waals surface area contributed by atoms with Crippen LogP contribution in [-0.2, 0) is 13.1 Å². The Kier molecular flexibility index (Phi) is 5.50. The smallest absolute Gasteiger partial charge is 0.270 e. The molecular formula is C27H26N6O2. The summed E-state index contributed by atoms with van der Waals surface area (Å²) < 4.78 is 3.41. The number of nitrogens with zero attached hydrogens (tertiary/aromatic N) is 5. The van der Waals surface area contributed by atoms with Crippen LogP contribution >= 0.6 is 0 Å². The SMILES string of the molecule is O=C(NCc1cn2cc(CN3CCC(C4=CC=CC4)C3)ccc2n1)c1cc(=O)n2ccccc2n1. The van der Waals surface area contributed by atoms with Crippen molar-refractivity contribution in [3.63, 3.8) is 0 Å². The zero-order chi connectivity index (χ0) is 23.8. The Hall–Kier alpha value is -4.04. The molecule has 1 amide bonds. The highest BCUT2D eigenvalue weighted by Gasteiger charge is 2.25. The van der Waals surface area contributed by atoms with Gasteiger partial charge in [0.05, 0.1) is 12.2 Å². The molecule has 8 nitrogen and oxygen atoms in total. The van der Waals surface area contributed by atoms with E-state index in [1.165, 1.54) is 22.5 Å². The van der Waals surface area contributed by atoms with Crippen LogP contribution in [0, 0.1) is 5.92 Å². The number of allylic oxidation sites excluding steroid dienone is 3. The number of hydrogen-bond donors (Lipinski definition) is 1. The van der Waals surface area contributed by atoms with Crippen molar-refractivity contribution in [3.8, 4) is 0 Å². The topological polar surface area (TPSA) is 84.0 Å². The van der Waals surface area contributed by atoms with Gasteiger partial charge in [-0.15, -0.1) is 0 Å². The molecule has 1 unspecified atom stereocenters. The first-order valence-corrected chi connectivity index (χ1v) is 11.9. The average Bonchev–Trinajstić information content (AvgIpc) is 3.63. The fourth-order valence-corrected chi connectivity index (χ4v) is 5.00. The number of carbonyl (C=O) groups is 1. The lowest BCUT2D eigenvalue weighted by atomic mass is 9.98. The van der Waals surface area contributed by atoms with Crippen molar-refractivity contribution in [2.24, 2.45) is 5.92 Å². The number of carbonyl (C=O) groups excluding carboxylic acids is 1. The van der Waals surface area contributed by atoms with Crippen LogP contribution < -0.4 is 10.9 Å². The van der Waals surface area contributed by atoms with Crippen LogP contribution in [0.4, 0.5) is 0 Å². The molecule has 1 fully saturated rings. The summed E-state index contributed by atoms with van der Waals surface area (Å²) in [6.45, 7) is 3.40. The maximum Gasteiger partial charge on any atom is 0.270 e. The molecule has 0 aromatic carbocycles. The summed E-state index contributed by atoms with van der Waals surface area (Å²) in [5.41, 5.74) is 4.63. The second-order valence-corrected chi connectivity index (χ2v) is 9.22. The van der Waals surface area contributed by atoms with Gasteiger partial charge in [-0.2, -0.15) is 0 Å². The van der Waals surface area contributed by atoms with Gasteiger partial charge < -0.3 is 9.72 Å². The van der Waals surface area contributed by atoms with Gasteiger partial charge >= 0.3 is 0 Å². The zero-order valence-corrected chi connectivity index (χ0v) is 19.3. The van der Waals surface area contributed by atoms with Gasteiger partial charge in [-0.25, -0.2) is 9.97 Å². The molecule has 4 aromatic rings. The molecule has 4 aromatic heterocycles. The number of likely N-dealkylation sites (tertiary alicyclic amines) is 1. The Labute approximate surface area is 202 Å².